The fourth-order valence-electron chi connectivity index (χ4n) is 2.19. The van der Waals surface area contributed by atoms with Crippen LogP contribution < -0.4 is 11.1 Å². The maximum Gasteiger partial charge on any atom is 0.328 e. The molecule has 2 rings (SSSR count). The Balaban J connectivity index is 2.02. The van der Waals surface area contributed by atoms with Gasteiger partial charge in [0, 0.05) is 17.1 Å². The predicted molar refractivity (Wildman–Crippen MR) is 79.6 cm³/mol. The van der Waals surface area contributed by atoms with Crippen molar-refractivity contribution in [2.24, 2.45) is 5.73 Å². The Morgan fingerprint density at radius 1 is 1.38 bits per heavy atom. The van der Waals surface area contributed by atoms with Crippen LogP contribution in [0.2, 0.25) is 0 Å². The first kappa shape index (κ1) is 15.1. The number of carbonyl (C=O) groups excluding carboxylic acids is 2. The molecule has 1 heterocycles. The number of esters is 1. The molecule has 0 saturated carbocycles. The lowest BCUT2D eigenvalue weighted by atomic mass is 10.0. The van der Waals surface area contributed by atoms with Crippen LogP contribution in [0.3, 0.4) is 0 Å². The lowest BCUT2D eigenvalue weighted by molar-refractivity contribution is -0.144. The van der Waals surface area contributed by atoms with Crippen LogP contribution in [0.15, 0.2) is 30.5 Å². The Bertz CT molecular complexity index is 650. The number of benzene rings is 1. The third-order valence-electron chi connectivity index (χ3n) is 3.37. The minimum atomic E-state index is -0.726. The number of aromatic nitrogens is 1. The normalized spacial score (nSPS) is 13.7. The standard InChI is InChI=1S/C15H19N3O3/c1-9(15(20)21-2)18-14(19)12(16)7-10-8-17-13-6-4-3-5-11(10)13/h3-6,8-9,12,17H,7,16H2,1-2H3,(H,18,19)/t9-,12-/m0/s1. The molecule has 0 radical (unpaired) electrons. The molecule has 6 nitrogen and oxygen atoms in total. The first-order valence-corrected chi connectivity index (χ1v) is 6.71. The quantitative estimate of drug-likeness (QED) is 0.706. The highest BCUT2D eigenvalue weighted by molar-refractivity contribution is 5.88. The number of H-pyrrole nitrogens is 1. The molecule has 0 bridgehead atoms. The van der Waals surface area contributed by atoms with Gasteiger partial charge in [-0.05, 0) is 25.0 Å². The second kappa shape index (κ2) is 6.41. The highest BCUT2D eigenvalue weighted by Crippen LogP contribution is 2.18. The second-order valence-corrected chi connectivity index (χ2v) is 4.92. The Labute approximate surface area is 122 Å². The van der Waals surface area contributed by atoms with Crippen molar-refractivity contribution < 1.29 is 14.3 Å². The largest absolute Gasteiger partial charge is 0.467 e. The molecule has 0 unspecified atom stereocenters. The van der Waals surface area contributed by atoms with E-state index in [0.717, 1.165) is 16.5 Å². The fourth-order valence-corrected chi connectivity index (χ4v) is 2.19. The number of nitrogens with one attached hydrogen (secondary N) is 2. The van der Waals surface area contributed by atoms with E-state index < -0.39 is 18.1 Å². The van der Waals surface area contributed by atoms with E-state index >= 15 is 0 Å². The van der Waals surface area contributed by atoms with Crippen LogP contribution in [0.25, 0.3) is 10.9 Å². The van der Waals surface area contributed by atoms with E-state index in [4.69, 9.17) is 5.73 Å². The molecule has 1 aromatic carbocycles. The molecule has 1 amide bonds. The van der Waals surface area contributed by atoms with Gasteiger partial charge in [0.15, 0.2) is 0 Å². The van der Waals surface area contributed by atoms with Crippen molar-refractivity contribution in [2.75, 3.05) is 7.11 Å². The van der Waals surface area contributed by atoms with Crippen molar-refractivity contribution in [3.8, 4) is 0 Å². The van der Waals surface area contributed by atoms with Crippen molar-refractivity contribution in [1.82, 2.24) is 10.3 Å². The second-order valence-electron chi connectivity index (χ2n) is 4.92. The molecule has 2 aromatic rings. The lowest BCUT2D eigenvalue weighted by Crippen LogP contribution is -2.48. The zero-order valence-corrected chi connectivity index (χ0v) is 12.1. The van der Waals surface area contributed by atoms with Gasteiger partial charge in [-0.2, -0.15) is 0 Å². The summed E-state index contributed by atoms with van der Waals surface area (Å²) in [5, 5.41) is 3.59. The Kier molecular flexibility index (Phi) is 4.59. The average Bonchev–Trinajstić information content (AvgIpc) is 2.89. The molecule has 1 aromatic heterocycles. The van der Waals surface area contributed by atoms with Crippen molar-refractivity contribution >= 4 is 22.8 Å². The molecule has 0 aliphatic carbocycles. The molecule has 21 heavy (non-hydrogen) atoms. The van der Waals surface area contributed by atoms with E-state index in [0.29, 0.717) is 6.42 Å². The maximum atomic E-state index is 12.0. The molecular weight excluding hydrogens is 270 g/mol. The van der Waals surface area contributed by atoms with E-state index in [9.17, 15) is 9.59 Å². The number of fused-ring (bicyclic) bond motifs is 1. The molecular formula is C15H19N3O3. The van der Waals surface area contributed by atoms with Gasteiger partial charge in [0.25, 0.3) is 0 Å². The Hall–Kier alpha value is -2.34. The van der Waals surface area contributed by atoms with Crippen molar-refractivity contribution in [1.29, 1.82) is 0 Å². The average molecular weight is 289 g/mol. The monoisotopic (exact) mass is 289 g/mol. The first-order valence-electron chi connectivity index (χ1n) is 6.71. The maximum absolute atomic E-state index is 12.0. The summed E-state index contributed by atoms with van der Waals surface area (Å²) >= 11 is 0. The minimum Gasteiger partial charge on any atom is -0.467 e. The van der Waals surface area contributed by atoms with Gasteiger partial charge in [0.05, 0.1) is 13.2 Å². The van der Waals surface area contributed by atoms with Gasteiger partial charge >= 0.3 is 5.97 Å². The predicted octanol–water partition coefficient (Wildman–Crippen LogP) is 0.715. The molecule has 0 aliphatic heterocycles. The summed E-state index contributed by atoms with van der Waals surface area (Å²) in [6.45, 7) is 1.56. The van der Waals surface area contributed by atoms with E-state index in [1.807, 2.05) is 30.5 Å². The smallest absolute Gasteiger partial charge is 0.328 e. The van der Waals surface area contributed by atoms with Crippen molar-refractivity contribution in [3.63, 3.8) is 0 Å². The number of hydrogen-bond acceptors (Lipinski definition) is 4. The topological polar surface area (TPSA) is 97.2 Å². The highest BCUT2D eigenvalue weighted by atomic mass is 16.5. The zero-order chi connectivity index (χ0) is 15.4. The molecule has 112 valence electrons. The van der Waals surface area contributed by atoms with Gasteiger partial charge in [-0.1, -0.05) is 18.2 Å². The molecule has 4 N–H and O–H groups in total. The van der Waals surface area contributed by atoms with Gasteiger partial charge in [-0.15, -0.1) is 0 Å². The van der Waals surface area contributed by atoms with Crippen LogP contribution >= 0.6 is 0 Å². The van der Waals surface area contributed by atoms with E-state index in [2.05, 4.69) is 15.0 Å². The zero-order valence-electron chi connectivity index (χ0n) is 12.1. The summed E-state index contributed by atoms with van der Waals surface area (Å²) < 4.78 is 4.56. The van der Waals surface area contributed by atoms with Gasteiger partial charge in [0.1, 0.15) is 6.04 Å². The van der Waals surface area contributed by atoms with Crippen LogP contribution in [0.4, 0.5) is 0 Å². The summed E-state index contributed by atoms with van der Waals surface area (Å²) in [5.41, 5.74) is 7.89. The number of rotatable bonds is 5. The van der Waals surface area contributed by atoms with Crippen molar-refractivity contribution in [2.45, 2.75) is 25.4 Å². The van der Waals surface area contributed by atoms with Gasteiger partial charge < -0.3 is 20.8 Å². The van der Waals surface area contributed by atoms with Gasteiger partial charge in [-0.3, -0.25) is 4.79 Å². The molecule has 0 saturated heterocycles. The van der Waals surface area contributed by atoms with Crippen LogP contribution in [0, 0.1) is 0 Å². The minimum absolute atomic E-state index is 0.377. The third kappa shape index (κ3) is 3.41. The molecule has 0 aliphatic rings. The summed E-state index contributed by atoms with van der Waals surface area (Å²) in [6, 6.07) is 6.37. The summed E-state index contributed by atoms with van der Waals surface area (Å²) in [6.07, 6.45) is 2.24. The molecule has 2 atom stereocenters. The summed E-state index contributed by atoms with van der Waals surface area (Å²) in [7, 11) is 1.27. The van der Waals surface area contributed by atoms with Gasteiger partial charge in [0.2, 0.25) is 5.91 Å². The first-order chi connectivity index (χ1) is 10.0. The number of nitrogens with two attached hydrogens (primary N) is 1. The lowest BCUT2D eigenvalue weighted by Gasteiger charge is -2.15. The van der Waals surface area contributed by atoms with Crippen LogP contribution in [0.1, 0.15) is 12.5 Å². The fraction of sp³-hybridized carbons (Fsp3) is 0.333. The Morgan fingerprint density at radius 2 is 2.10 bits per heavy atom. The third-order valence-corrected chi connectivity index (χ3v) is 3.37. The number of para-hydroxylation sites is 1. The highest BCUT2D eigenvalue weighted by Gasteiger charge is 2.21. The van der Waals surface area contributed by atoms with Crippen molar-refractivity contribution in [3.05, 3.63) is 36.0 Å². The van der Waals surface area contributed by atoms with Gasteiger partial charge in [-0.25, -0.2) is 4.79 Å². The SMILES string of the molecule is COC(=O)[C@H](C)NC(=O)[C@@H](N)Cc1c[nH]c2ccccc12. The summed E-state index contributed by atoms with van der Waals surface area (Å²) in [5.74, 6) is -0.874. The molecule has 0 spiro atoms. The number of carbonyl (C=O) groups is 2. The molecule has 0 fully saturated rings. The number of hydrogen-bond donors (Lipinski definition) is 3. The van der Waals surface area contributed by atoms with Crippen LogP contribution in [-0.2, 0) is 20.7 Å². The number of methoxy groups -OCH3 is 1. The number of amides is 1. The van der Waals surface area contributed by atoms with Crippen LogP contribution in [-0.4, -0.2) is 36.1 Å². The number of aromatic amines is 1. The Morgan fingerprint density at radius 3 is 2.81 bits per heavy atom. The molecule has 6 heteroatoms. The van der Waals surface area contributed by atoms with E-state index in [-0.39, 0.29) is 5.91 Å². The summed E-state index contributed by atoms with van der Waals surface area (Å²) in [4.78, 5) is 26.4. The van der Waals surface area contributed by atoms with E-state index in [1.165, 1.54) is 7.11 Å². The van der Waals surface area contributed by atoms with Crippen LogP contribution in [0.5, 0.6) is 0 Å². The number of ether oxygens (including phenoxy) is 1. The van der Waals surface area contributed by atoms with E-state index in [1.54, 1.807) is 6.92 Å².